The van der Waals surface area contributed by atoms with Gasteiger partial charge in [0.05, 0.1) is 12.6 Å². The predicted molar refractivity (Wildman–Crippen MR) is 100 cm³/mol. The smallest absolute Gasteiger partial charge is 0.133 e. The molecule has 5 heteroatoms. The molecular weight excluding hydrogens is 316 g/mol. The lowest BCUT2D eigenvalue weighted by molar-refractivity contribution is 0.296. The lowest BCUT2D eigenvalue weighted by Crippen LogP contribution is -2.21. The summed E-state index contributed by atoms with van der Waals surface area (Å²) in [6, 6.07) is 10.8. The van der Waals surface area contributed by atoms with Gasteiger partial charge in [-0.05, 0) is 31.1 Å². The Hall–Kier alpha value is -2.03. The van der Waals surface area contributed by atoms with Gasteiger partial charge in [-0.15, -0.1) is 11.3 Å². The second-order valence-electron chi connectivity index (χ2n) is 5.70. The van der Waals surface area contributed by atoms with E-state index in [1.54, 1.807) is 6.21 Å². The van der Waals surface area contributed by atoms with Crippen LogP contribution >= 0.6 is 11.3 Å². The Bertz CT molecular complexity index is 693. The molecule has 0 fully saturated rings. The number of aromatic nitrogens is 1. The molecule has 0 aliphatic heterocycles. The van der Waals surface area contributed by atoms with Crippen molar-refractivity contribution in [1.82, 2.24) is 9.88 Å². The number of hydrogen-bond acceptors (Lipinski definition) is 5. The average molecular weight is 340 g/mol. The molecule has 0 amide bonds. The minimum Gasteiger partial charge on any atom is -0.300 e. The minimum atomic E-state index is -0.356. The van der Waals surface area contributed by atoms with Gasteiger partial charge in [0.15, 0.2) is 0 Å². The van der Waals surface area contributed by atoms with Gasteiger partial charge in [-0.2, -0.15) is 5.26 Å². The molecule has 0 bridgehead atoms. The van der Waals surface area contributed by atoms with Crippen LogP contribution in [0.1, 0.15) is 41.6 Å². The highest BCUT2D eigenvalue weighted by Crippen LogP contribution is 2.18. The topological polar surface area (TPSA) is 52.3 Å². The normalized spacial score (nSPS) is 12.6. The molecule has 1 atom stereocenters. The van der Waals surface area contributed by atoms with E-state index in [-0.39, 0.29) is 5.92 Å². The summed E-state index contributed by atoms with van der Waals surface area (Å²) in [5, 5.41) is 12.0. The largest absolute Gasteiger partial charge is 0.300 e. The molecular formula is C19H24N4S. The molecule has 0 saturated carbocycles. The van der Waals surface area contributed by atoms with Crippen LogP contribution in [-0.2, 0) is 13.1 Å². The summed E-state index contributed by atoms with van der Waals surface area (Å²) in [6.45, 7) is 10.0. The number of aliphatic imine (C=N–C) groups is 1. The van der Waals surface area contributed by atoms with Crippen molar-refractivity contribution in [3.63, 3.8) is 0 Å². The fraction of sp³-hybridized carbons (Fsp3) is 0.421. The molecule has 0 aliphatic carbocycles. The summed E-state index contributed by atoms with van der Waals surface area (Å²) in [4.78, 5) is 11.2. The molecule has 0 radical (unpaired) electrons. The number of benzene rings is 1. The molecule has 126 valence electrons. The van der Waals surface area contributed by atoms with Crippen LogP contribution in [0.3, 0.4) is 0 Å². The van der Waals surface area contributed by atoms with E-state index < -0.39 is 0 Å². The lowest BCUT2D eigenvalue weighted by atomic mass is 10.1. The Labute approximate surface area is 148 Å². The molecule has 0 saturated heterocycles. The maximum absolute atomic E-state index is 9.27. The van der Waals surface area contributed by atoms with Gasteiger partial charge in [-0.1, -0.05) is 38.1 Å². The standard InChI is InChI=1S/C19H24N4S/c1-4-23(5-2)13-17-8-6-16(7-9-17)11-21-12-18(10-20)19-22-15(3)14-24-19/h6-9,12,14,18H,4-5,11,13H2,1-3H3. The Morgan fingerprint density at radius 1 is 1.25 bits per heavy atom. The Morgan fingerprint density at radius 3 is 2.46 bits per heavy atom. The molecule has 24 heavy (non-hydrogen) atoms. The van der Waals surface area contributed by atoms with Gasteiger partial charge in [0, 0.05) is 23.8 Å². The first-order valence-corrected chi connectivity index (χ1v) is 9.16. The summed E-state index contributed by atoms with van der Waals surface area (Å²) in [7, 11) is 0. The summed E-state index contributed by atoms with van der Waals surface area (Å²) in [5.41, 5.74) is 3.42. The van der Waals surface area contributed by atoms with E-state index in [4.69, 9.17) is 0 Å². The Kier molecular flexibility index (Phi) is 7.10. The highest BCUT2D eigenvalue weighted by Gasteiger charge is 2.11. The van der Waals surface area contributed by atoms with E-state index >= 15 is 0 Å². The van der Waals surface area contributed by atoms with E-state index in [0.717, 1.165) is 35.9 Å². The van der Waals surface area contributed by atoms with Crippen molar-refractivity contribution in [2.75, 3.05) is 13.1 Å². The van der Waals surface area contributed by atoms with Crippen molar-refractivity contribution in [3.8, 4) is 6.07 Å². The quantitative estimate of drug-likeness (QED) is 0.678. The fourth-order valence-corrected chi connectivity index (χ4v) is 3.19. The van der Waals surface area contributed by atoms with Crippen LogP contribution in [0, 0.1) is 18.3 Å². The zero-order chi connectivity index (χ0) is 17.4. The van der Waals surface area contributed by atoms with Gasteiger partial charge in [-0.3, -0.25) is 9.89 Å². The summed E-state index contributed by atoms with van der Waals surface area (Å²) < 4.78 is 0. The number of hydrogen-bond donors (Lipinski definition) is 0. The second kappa shape index (κ2) is 9.31. The van der Waals surface area contributed by atoms with E-state index in [0.29, 0.717) is 6.54 Å². The van der Waals surface area contributed by atoms with Gasteiger partial charge in [0.2, 0.25) is 0 Å². The first kappa shape index (κ1) is 18.3. The molecule has 2 rings (SSSR count). The molecule has 0 aliphatic rings. The summed E-state index contributed by atoms with van der Waals surface area (Å²) in [6.07, 6.45) is 1.71. The molecule has 0 N–H and O–H groups in total. The highest BCUT2D eigenvalue weighted by atomic mass is 32.1. The van der Waals surface area contributed by atoms with Crippen LogP contribution in [-0.4, -0.2) is 29.2 Å². The van der Waals surface area contributed by atoms with Crippen LogP contribution in [0.4, 0.5) is 0 Å². The van der Waals surface area contributed by atoms with Crippen LogP contribution < -0.4 is 0 Å². The first-order chi connectivity index (χ1) is 11.7. The third-order valence-electron chi connectivity index (χ3n) is 3.89. The van der Waals surface area contributed by atoms with E-state index in [2.05, 4.69) is 59.1 Å². The first-order valence-electron chi connectivity index (χ1n) is 8.28. The number of nitrogens with zero attached hydrogens (tertiary/aromatic N) is 4. The van der Waals surface area contributed by atoms with Crippen molar-refractivity contribution in [3.05, 3.63) is 51.5 Å². The average Bonchev–Trinajstić information content (AvgIpc) is 3.04. The van der Waals surface area contributed by atoms with Crippen molar-refractivity contribution in [1.29, 1.82) is 5.26 Å². The maximum atomic E-state index is 9.27. The van der Waals surface area contributed by atoms with E-state index in [1.165, 1.54) is 16.9 Å². The second-order valence-corrected chi connectivity index (χ2v) is 6.59. The van der Waals surface area contributed by atoms with Gasteiger partial charge < -0.3 is 0 Å². The van der Waals surface area contributed by atoms with Crippen LogP contribution in [0.25, 0.3) is 0 Å². The summed E-state index contributed by atoms with van der Waals surface area (Å²) in [5.74, 6) is -0.356. The van der Waals surface area contributed by atoms with Gasteiger partial charge in [0.1, 0.15) is 10.9 Å². The van der Waals surface area contributed by atoms with Crippen molar-refractivity contribution >= 4 is 17.6 Å². The Balaban J connectivity index is 1.92. The van der Waals surface area contributed by atoms with Crippen LogP contribution in [0.2, 0.25) is 0 Å². The predicted octanol–water partition coefficient (Wildman–Crippen LogP) is 4.17. The number of thiazole rings is 1. The van der Waals surface area contributed by atoms with Crippen LogP contribution in [0.15, 0.2) is 34.6 Å². The zero-order valence-electron chi connectivity index (χ0n) is 14.6. The van der Waals surface area contributed by atoms with Crippen molar-refractivity contribution < 1.29 is 0 Å². The van der Waals surface area contributed by atoms with Crippen molar-refractivity contribution in [2.24, 2.45) is 4.99 Å². The molecule has 1 aromatic carbocycles. The van der Waals surface area contributed by atoms with Crippen LogP contribution in [0.5, 0.6) is 0 Å². The van der Waals surface area contributed by atoms with Gasteiger partial charge in [-0.25, -0.2) is 4.98 Å². The molecule has 0 spiro atoms. The zero-order valence-corrected chi connectivity index (χ0v) is 15.4. The lowest BCUT2D eigenvalue weighted by Gasteiger charge is -2.17. The number of nitriles is 1. The third-order valence-corrected chi connectivity index (χ3v) is 4.94. The maximum Gasteiger partial charge on any atom is 0.133 e. The molecule has 1 unspecified atom stereocenters. The van der Waals surface area contributed by atoms with Crippen molar-refractivity contribution in [2.45, 2.75) is 39.8 Å². The SMILES string of the molecule is CCN(CC)Cc1ccc(CN=CC(C#N)c2nc(C)cs2)cc1. The molecule has 1 aromatic heterocycles. The Morgan fingerprint density at radius 2 is 1.92 bits per heavy atom. The highest BCUT2D eigenvalue weighted by molar-refractivity contribution is 7.09. The van der Waals surface area contributed by atoms with E-state index in [1.807, 2.05) is 12.3 Å². The molecule has 4 nitrogen and oxygen atoms in total. The number of aryl methyl sites for hydroxylation is 1. The minimum absolute atomic E-state index is 0.356. The number of rotatable bonds is 8. The monoisotopic (exact) mass is 340 g/mol. The van der Waals surface area contributed by atoms with Gasteiger partial charge in [0.25, 0.3) is 0 Å². The molecule has 1 heterocycles. The fourth-order valence-electron chi connectivity index (χ4n) is 2.39. The summed E-state index contributed by atoms with van der Waals surface area (Å²) >= 11 is 1.51. The van der Waals surface area contributed by atoms with E-state index in [9.17, 15) is 5.26 Å². The van der Waals surface area contributed by atoms with Gasteiger partial charge >= 0.3 is 0 Å². The molecule has 2 aromatic rings. The third kappa shape index (κ3) is 5.26.